The summed E-state index contributed by atoms with van der Waals surface area (Å²) in [6.45, 7) is 6.50. The number of hydrogen-bond acceptors (Lipinski definition) is 1. The first-order chi connectivity index (χ1) is 7.36. The number of piperidine rings is 1. The number of nitrogens with zero attached hydrogens (tertiary/aromatic N) is 1. The molecule has 0 spiro atoms. The summed E-state index contributed by atoms with van der Waals surface area (Å²) in [5, 5.41) is 0. The number of hydrogen-bond donors (Lipinski definition) is 0. The van der Waals surface area contributed by atoms with Gasteiger partial charge in [0.25, 0.3) is 0 Å². The number of benzene rings is 1. The van der Waals surface area contributed by atoms with Crippen molar-refractivity contribution in [3.05, 3.63) is 35.9 Å². The first kappa shape index (κ1) is 12.3. The molecule has 1 heterocycles. The maximum absolute atomic E-state index is 2.42. The van der Waals surface area contributed by atoms with Gasteiger partial charge >= 0.3 is 0 Å². The zero-order valence-electron chi connectivity index (χ0n) is 10.2. The average molecular weight is 205 g/mol. The maximum Gasteiger partial charge on any atom is -0.00159 e. The van der Waals surface area contributed by atoms with Gasteiger partial charge < -0.3 is 4.90 Å². The highest BCUT2D eigenvalue weighted by atomic mass is 15.1. The van der Waals surface area contributed by atoms with Gasteiger partial charge in [0.1, 0.15) is 0 Å². The molecule has 2 rings (SSSR count). The number of likely N-dealkylation sites (tertiary alicyclic amines) is 1. The Morgan fingerprint density at radius 2 is 1.53 bits per heavy atom. The van der Waals surface area contributed by atoms with E-state index in [2.05, 4.69) is 42.3 Å². The van der Waals surface area contributed by atoms with Crippen LogP contribution in [-0.2, 0) is 0 Å². The second kappa shape index (κ2) is 6.62. The lowest BCUT2D eigenvalue weighted by atomic mass is 9.90. The van der Waals surface area contributed by atoms with Gasteiger partial charge in [-0.1, -0.05) is 44.2 Å². The quantitative estimate of drug-likeness (QED) is 0.678. The Bertz CT molecular complexity index is 247. The van der Waals surface area contributed by atoms with E-state index < -0.39 is 0 Å². The normalized spacial score (nSPS) is 18.1. The second-order valence-corrected chi connectivity index (χ2v) is 3.99. The molecule has 84 valence electrons. The molecule has 0 N–H and O–H groups in total. The van der Waals surface area contributed by atoms with Crippen LogP contribution >= 0.6 is 0 Å². The molecule has 1 aliphatic rings. The molecule has 0 bridgehead atoms. The molecule has 1 saturated heterocycles. The van der Waals surface area contributed by atoms with Crippen molar-refractivity contribution in [2.75, 3.05) is 20.1 Å². The predicted octanol–water partition coefficient (Wildman–Crippen LogP) is 3.52. The van der Waals surface area contributed by atoms with Crippen molar-refractivity contribution in [1.82, 2.24) is 4.90 Å². The molecule has 0 radical (unpaired) electrons. The van der Waals surface area contributed by atoms with Crippen LogP contribution < -0.4 is 0 Å². The Morgan fingerprint density at radius 3 is 2.07 bits per heavy atom. The summed E-state index contributed by atoms with van der Waals surface area (Å²) in [6.07, 6.45) is 2.64. The van der Waals surface area contributed by atoms with Gasteiger partial charge in [-0.3, -0.25) is 0 Å². The van der Waals surface area contributed by atoms with Crippen LogP contribution in [0.4, 0.5) is 0 Å². The van der Waals surface area contributed by atoms with Crippen molar-refractivity contribution in [3.63, 3.8) is 0 Å². The molecule has 1 aromatic carbocycles. The SMILES string of the molecule is CC.CN1CCC(c2ccccc2)CC1. The van der Waals surface area contributed by atoms with Crippen LogP contribution in [0.1, 0.15) is 38.2 Å². The minimum absolute atomic E-state index is 0.803. The highest BCUT2D eigenvalue weighted by Crippen LogP contribution is 2.26. The zero-order valence-corrected chi connectivity index (χ0v) is 10.2. The molecular weight excluding hydrogens is 182 g/mol. The molecule has 15 heavy (non-hydrogen) atoms. The van der Waals surface area contributed by atoms with Crippen molar-refractivity contribution in [3.8, 4) is 0 Å². The van der Waals surface area contributed by atoms with Gasteiger partial charge in [-0.15, -0.1) is 0 Å². The molecule has 1 nitrogen and oxygen atoms in total. The van der Waals surface area contributed by atoms with E-state index in [4.69, 9.17) is 0 Å². The lowest BCUT2D eigenvalue weighted by molar-refractivity contribution is 0.255. The van der Waals surface area contributed by atoms with E-state index in [1.807, 2.05) is 13.8 Å². The Hall–Kier alpha value is -0.820. The minimum Gasteiger partial charge on any atom is -0.306 e. The Balaban J connectivity index is 0.000000531. The summed E-state index contributed by atoms with van der Waals surface area (Å²) in [5.74, 6) is 0.803. The van der Waals surface area contributed by atoms with Gasteiger partial charge in [0.2, 0.25) is 0 Å². The summed E-state index contributed by atoms with van der Waals surface area (Å²) >= 11 is 0. The lowest BCUT2D eigenvalue weighted by Gasteiger charge is -2.29. The van der Waals surface area contributed by atoms with Gasteiger partial charge in [0, 0.05) is 0 Å². The molecule has 1 fully saturated rings. The Labute approximate surface area is 94.1 Å². The van der Waals surface area contributed by atoms with E-state index >= 15 is 0 Å². The monoisotopic (exact) mass is 205 g/mol. The summed E-state index contributed by atoms with van der Waals surface area (Å²) in [4.78, 5) is 2.42. The third-order valence-corrected chi connectivity index (χ3v) is 2.99. The molecular formula is C14H23N. The van der Waals surface area contributed by atoms with Crippen molar-refractivity contribution >= 4 is 0 Å². The third-order valence-electron chi connectivity index (χ3n) is 2.99. The smallest absolute Gasteiger partial charge is 0.00159 e. The van der Waals surface area contributed by atoms with E-state index in [1.54, 1.807) is 0 Å². The topological polar surface area (TPSA) is 3.24 Å². The van der Waals surface area contributed by atoms with E-state index in [0.29, 0.717) is 0 Å². The third kappa shape index (κ3) is 3.67. The first-order valence-corrected chi connectivity index (χ1v) is 6.10. The molecule has 1 heteroatoms. The van der Waals surface area contributed by atoms with Crippen molar-refractivity contribution in [1.29, 1.82) is 0 Å². The maximum atomic E-state index is 2.42. The standard InChI is InChI=1S/C12H17N.C2H6/c1-13-9-7-12(8-10-13)11-5-3-2-4-6-11;1-2/h2-6,12H,7-10H2,1H3;1-2H3. The largest absolute Gasteiger partial charge is 0.306 e. The van der Waals surface area contributed by atoms with Crippen molar-refractivity contribution < 1.29 is 0 Å². The van der Waals surface area contributed by atoms with Crippen LogP contribution in [0.25, 0.3) is 0 Å². The summed E-state index contributed by atoms with van der Waals surface area (Å²) in [7, 11) is 2.21. The second-order valence-electron chi connectivity index (χ2n) is 3.99. The average Bonchev–Trinajstić information content (AvgIpc) is 2.34. The molecule has 0 atom stereocenters. The van der Waals surface area contributed by atoms with Crippen LogP contribution in [0.2, 0.25) is 0 Å². The van der Waals surface area contributed by atoms with Crippen LogP contribution in [0.15, 0.2) is 30.3 Å². The van der Waals surface area contributed by atoms with Gasteiger partial charge in [-0.2, -0.15) is 0 Å². The van der Waals surface area contributed by atoms with E-state index in [9.17, 15) is 0 Å². The predicted molar refractivity (Wildman–Crippen MR) is 67.3 cm³/mol. The highest BCUT2D eigenvalue weighted by Gasteiger charge is 2.17. The zero-order chi connectivity index (χ0) is 11.1. The number of rotatable bonds is 1. The fraction of sp³-hybridized carbons (Fsp3) is 0.571. The van der Waals surface area contributed by atoms with E-state index in [1.165, 1.54) is 31.5 Å². The fourth-order valence-corrected chi connectivity index (χ4v) is 2.07. The molecule has 0 aliphatic carbocycles. The Morgan fingerprint density at radius 1 is 1.00 bits per heavy atom. The summed E-state index contributed by atoms with van der Waals surface area (Å²) < 4.78 is 0. The Kier molecular flexibility index (Phi) is 5.41. The molecule has 0 amide bonds. The fourth-order valence-electron chi connectivity index (χ4n) is 2.07. The molecule has 0 saturated carbocycles. The van der Waals surface area contributed by atoms with Crippen LogP contribution in [0, 0.1) is 0 Å². The highest BCUT2D eigenvalue weighted by molar-refractivity contribution is 5.19. The first-order valence-electron chi connectivity index (χ1n) is 6.10. The lowest BCUT2D eigenvalue weighted by Crippen LogP contribution is -2.29. The van der Waals surface area contributed by atoms with Crippen LogP contribution in [-0.4, -0.2) is 25.0 Å². The van der Waals surface area contributed by atoms with E-state index in [0.717, 1.165) is 5.92 Å². The van der Waals surface area contributed by atoms with Gasteiger partial charge in [0.05, 0.1) is 0 Å². The molecule has 1 aromatic rings. The minimum atomic E-state index is 0.803. The molecule has 0 unspecified atom stereocenters. The van der Waals surface area contributed by atoms with Crippen LogP contribution in [0.3, 0.4) is 0 Å². The van der Waals surface area contributed by atoms with Gasteiger partial charge in [-0.05, 0) is 44.5 Å². The van der Waals surface area contributed by atoms with Crippen molar-refractivity contribution in [2.24, 2.45) is 0 Å². The summed E-state index contributed by atoms with van der Waals surface area (Å²) in [6, 6.07) is 10.9. The van der Waals surface area contributed by atoms with Crippen molar-refractivity contribution in [2.45, 2.75) is 32.6 Å². The van der Waals surface area contributed by atoms with E-state index in [-0.39, 0.29) is 0 Å². The molecule has 0 aromatic heterocycles. The summed E-state index contributed by atoms with van der Waals surface area (Å²) in [5.41, 5.74) is 1.52. The van der Waals surface area contributed by atoms with Gasteiger partial charge in [-0.25, -0.2) is 0 Å². The molecule has 1 aliphatic heterocycles. The van der Waals surface area contributed by atoms with Gasteiger partial charge in [0.15, 0.2) is 0 Å². The van der Waals surface area contributed by atoms with Crippen LogP contribution in [0.5, 0.6) is 0 Å².